The molecule has 1 heterocycles. The van der Waals surface area contributed by atoms with Gasteiger partial charge in [0.1, 0.15) is 17.8 Å². The van der Waals surface area contributed by atoms with Crippen LogP contribution in [-0.2, 0) is 14.3 Å². The summed E-state index contributed by atoms with van der Waals surface area (Å²) >= 11 is 0. The first kappa shape index (κ1) is 13.4. The van der Waals surface area contributed by atoms with E-state index < -0.39 is 24.0 Å². The van der Waals surface area contributed by atoms with Gasteiger partial charge in [-0.25, -0.2) is 0 Å². The highest BCUT2D eigenvalue weighted by molar-refractivity contribution is 5.82. The van der Waals surface area contributed by atoms with Gasteiger partial charge in [-0.3, -0.25) is 9.59 Å². The van der Waals surface area contributed by atoms with Crippen molar-refractivity contribution in [2.45, 2.75) is 25.9 Å². The van der Waals surface area contributed by atoms with Crippen LogP contribution in [0.1, 0.15) is 31.4 Å². The van der Waals surface area contributed by atoms with Gasteiger partial charge in [0, 0.05) is 0 Å². The zero-order valence-electron chi connectivity index (χ0n) is 10.7. The summed E-state index contributed by atoms with van der Waals surface area (Å²) in [6, 6.07) is 7.05. The summed E-state index contributed by atoms with van der Waals surface area (Å²) in [6.45, 7) is 2.60. The molecule has 1 fully saturated rings. The quantitative estimate of drug-likeness (QED) is 0.825. The molecular formula is C14H16O5. The van der Waals surface area contributed by atoms with Crippen LogP contribution in [0.2, 0.25) is 0 Å². The van der Waals surface area contributed by atoms with Crippen LogP contribution in [-0.4, -0.2) is 23.7 Å². The van der Waals surface area contributed by atoms with E-state index in [1.165, 1.54) is 0 Å². The van der Waals surface area contributed by atoms with Crippen LogP contribution < -0.4 is 4.74 Å². The Hall–Kier alpha value is -2.04. The number of hydrogen-bond acceptors (Lipinski definition) is 4. The summed E-state index contributed by atoms with van der Waals surface area (Å²) in [6.07, 6.45) is 0.0793. The van der Waals surface area contributed by atoms with E-state index in [1.807, 2.05) is 6.92 Å². The van der Waals surface area contributed by atoms with Crippen LogP contribution in [0.3, 0.4) is 0 Å². The molecule has 0 spiro atoms. The van der Waals surface area contributed by atoms with Crippen molar-refractivity contribution in [2.24, 2.45) is 5.92 Å². The lowest BCUT2D eigenvalue weighted by Gasteiger charge is -2.15. The molecule has 2 rings (SSSR count). The molecule has 0 bridgehead atoms. The zero-order chi connectivity index (χ0) is 13.8. The summed E-state index contributed by atoms with van der Waals surface area (Å²) < 4.78 is 10.6. The fraction of sp³-hybridized carbons (Fsp3) is 0.429. The van der Waals surface area contributed by atoms with E-state index in [2.05, 4.69) is 0 Å². The number of carbonyl (C=O) groups excluding carboxylic acids is 1. The number of ether oxygens (including phenoxy) is 2. The maximum atomic E-state index is 11.3. The summed E-state index contributed by atoms with van der Waals surface area (Å²) in [7, 11) is 0. The van der Waals surface area contributed by atoms with E-state index >= 15 is 0 Å². The number of cyclic esters (lactones) is 1. The van der Waals surface area contributed by atoms with Crippen molar-refractivity contribution in [3.8, 4) is 5.75 Å². The third-order valence-corrected chi connectivity index (χ3v) is 2.99. The molecule has 0 aliphatic carbocycles. The number of hydrogen-bond donors (Lipinski definition) is 1. The average Bonchev–Trinajstić information content (AvgIpc) is 2.79. The van der Waals surface area contributed by atoms with Gasteiger partial charge in [0.2, 0.25) is 0 Å². The van der Waals surface area contributed by atoms with Crippen LogP contribution in [0.15, 0.2) is 24.3 Å². The fourth-order valence-corrected chi connectivity index (χ4v) is 2.08. The standard InChI is InChI=1S/C14H16O5/c1-2-6-18-10-5-3-4-9(7-10)13-11(14(16)17)8-12(15)19-13/h3-5,7,11,13H,2,6,8H2,1H3,(H,16,17). The molecule has 1 aromatic rings. The van der Waals surface area contributed by atoms with Crippen LogP contribution in [0.25, 0.3) is 0 Å². The van der Waals surface area contributed by atoms with E-state index in [0.29, 0.717) is 17.9 Å². The lowest BCUT2D eigenvalue weighted by atomic mass is 9.95. The van der Waals surface area contributed by atoms with Gasteiger partial charge in [-0.2, -0.15) is 0 Å². The fourth-order valence-electron chi connectivity index (χ4n) is 2.08. The number of aliphatic carboxylic acids is 1. The number of carboxylic acids is 1. The summed E-state index contributed by atoms with van der Waals surface area (Å²) in [5.41, 5.74) is 0.659. The first-order chi connectivity index (χ1) is 9.11. The van der Waals surface area contributed by atoms with Gasteiger partial charge in [-0.1, -0.05) is 19.1 Å². The number of carbonyl (C=O) groups is 2. The van der Waals surface area contributed by atoms with Crippen LogP contribution >= 0.6 is 0 Å². The Morgan fingerprint density at radius 3 is 3.00 bits per heavy atom. The average molecular weight is 264 g/mol. The molecule has 2 atom stereocenters. The van der Waals surface area contributed by atoms with Crippen LogP contribution in [0, 0.1) is 5.92 Å². The Morgan fingerprint density at radius 2 is 2.32 bits per heavy atom. The molecule has 1 aliphatic rings. The third kappa shape index (κ3) is 3.05. The van der Waals surface area contributed by atoms with Crippen LogP contribution in [0.4, 0.5) is 0 Å². The van der Waals surface area contributed by atoms with Crippen molar-refractivity contribution in [3.05, 3.63) is 29.8 Å². The minimum absolute atomic E-state index is 0.0833. The van der Waals surface area contributed by atoms with Crippen molar-refractivity contribution in [2.75, 3.05) is 6.61 Å². The predicted octanol–water partition coefficient (Wildman–Crippen LogP) is 2.16. The smallest absolute Gasteiger partial charge is 0.311 e. The molecule has 5 heteroatoms. The third-order valence-electron chi connectivity index (χ3n) is 2.99. The van der Waals surface area contributed by atoms with Gasteiger partial charge in [0.25, 0.3) is 0 Å². The first-order valence-corrected chi connectivity index (χ1v) is 6.27. The van der Waals surface area contributed by atoms with E-state index in [1.54, 1.807) is 24.3 Å². The Bertz CT molecular complexity index is 482. The molecule has 0 saturated carbocycles. The largest absolute Gasteiger partial charge is 0.494 e. The predicted molar refractivity (Wildman–Crippen MR) is 66.8 cm³/mol. The maximum absolute atomic E-state index is 11.3. The van der Waals surface area contributed by atoms with E-state index in [-0.39, 0.29) is 6.42 Å². The minimum atomic E-state index is -1.02. The van der Waals surface area contributed by atoms with Gasteiger partial charge in [-0.15, -0.1) is 0 Å². The highest BCUT2D eigenvalue weighted by atomic mass is 16.6. The molecule has 1 N–H and O–H groups in total. The molecule has 19 heavy (non-hydrogen) atoms. The van der Waals surface area contributed by atoms with Crippen molar-refractivity contribution in [1.82, 2.24) is 0 Å². The maximum Gasteiger partial charge on any atom is 0.311 e. The van der Waals surface area contributed by atoms with E-state index in [0.717, 1.165) is 6.42 Å². The highest BCUT2D eigenvalue weighted by Gasteiger charge is 2.40. The molecule has 1 saturated heterocycles. The van der Waals surface area contributed by atoms with Gasteiger partial charge < -0.3 is 14.6 Å². The van der Waals surface area contributed by atoms with Gasteiger partial charge in [0.05, 0.1) is 13.0 Å². The van der Waals surface area contributed by atoms with Crippen molar-refractivity contribution in [1.29, 1.82) is 0 Å². The Kier molecular flexibility index (Phi) is 4.04. The number of esters is 1. The summed E-state index contributed by atoms with van der Waals surface area (Å²) in [5.74, 6) is -1.66. The molecule has 0 amide bonds. The monoisotopic (exact) mass is 264 g/mol. The molecular weight excluding hydrogens is 248 g/mol. The van der Waals surface area contributed by atoms with Crippen molar-refractivity contribution < 1.29 is 24.2 Å². The molecule has 0 radical (unpaired) electrons. The van der Waals surface area contributed by atoms with Crippen molar-refractivity contribution in [3.63, 3.8) is 0 Å². The molecule has 1 aliphatic heterocycles. The van der Waals surface area contributed by atoms with Gasteiger partial charge in [0.15, 0.2) is 0 Å². The molecule has 2 unspecified atom stereocenters. The number of rotatable bonds is 5. The minimum Gasteiger partial charge on any atom is -0.494 e. The Morgan fingerprint density at radius 1 is 1.53 bits per heavy atom. The molecule has 5 nitrogen and oxygen atoms in total. The molecule has 0 aromatic heterocycles. The number of carboxylic acid groups (broad SMARTS) is 1. The van der Waals surface area contributed by atoms with Gasteiger partial charge in [-0.05, 0) is 24.1 Å². The van der Waals surface area contributed by atoms with Crippen LogP contribution in [0.5, 0.6) is 5.75 Å². The Labute approximate surface area is 111 Å². The second-order valence-corrected chi connectivity index (χ2v) is 4.48. The lowest BCUT2D eigenvalue weighted by molar-refractivity contribution is -0.144. The molecule has 1 aromatic carbocycles. The topological polar surface area (TPSA) is 72.8 Å². The van der Waals surface area contributed by atoms with E-state index in [9.17, 15) is 9.59 Å². The molecule has 102 valence electrons. The first-order valence-electron chi connectivity index (χ1n) is 6.27. The SMILES string of the molecule is CCCOc1cccc(C2OC(=O)CC2C(=O)O)c1. The zero-order valence-corrected chi connectivity index (χ0v) is 10.7. The summed E-state index contributed by atoms with van der Waals surface area (Å²) in [4.78, 5) is 22.4. The normalized spacial score (nSPS) is 22.1. The summed E-state index contributed by atoms with van der Waals surface area (Å²) in [5, 5.41) is 9.11. The van der Waals surface area contributed by atoms with Crippen molar-refractivity contribution >= 4 is 11.9 Å². The second kappa shape index (κ2) is 5.73. The Balaban J connectivity index is 2.20. The number of benzene rings is 1. The lowest BCUT2D eigenvalue weighted by Crippen LogP contribution is -2.17. The second-order valence-electron chi connectivity index (χ2n) is 4.48. The van der Waals surface area contributed by atoms with E-state index in [4.69, 9.17) is 14.6 Å². The highest BCUT2D eigenvalue weighted by Crippen LogP contribution is 2.36. The van der Waals surface area contributed by atoms with Gasteiger partial charge >= 0.3 is 11.9 Å².